The van der Waals surface area contributed by atoms with Crippen molar-refractivity contribution >= 4 is 17.9 Å². The van der Waals surface area contributed by atoms with Crippen molar-refractivity contribution in [3.8, 4) is 18.2 Å². The summed E-state index contributed by atoms with van der Waals surface area (Å²) in [5.41, 5.74) is -0.383. The Kier molecular flexibility index (Phi) is 8.94. The van der Waals surface area contributed by atoms with Gasteiger partial charge in [0.15, 0.2) is 0 Å². The summed E-state index contributed by atoms with van der Waals surface area (Å²) in [5, 5.41) is 15.4. The zero-order valence-electron chi connectivity index (χ0n) is 21.1. The molecule has 8 nitrogen and oxygen atoms in total. The van der Waals surface area contributed by atoms with E-state index in [1.165, 1.54) is 6.07 Å². The predicted molar refractivity (Wildman–Crippen MR) is 127 cm³/mol. The molecule has 0 saturated carbocycles. The Morgan fingerprint density at radius 1 is 1.12 bits per heavy atom. The van der Waals surface area contributed by atoms with Gasteiger partial charge >= 0.3 is 6.09 Å². The Bertz CT molecular complexity index is 919. The molecule has 0 fully saturated rings. The number of aromatic hydroxyl groups is 1. The number of nitrogens with zero attached hydrogens (tertiary/aromatic N) is 1. The number of ether oxygens (including phenoxy) is 1. The van der Waals surface area contributed by atoms with Gasteiger partial charge in [0.25, 0.3) is 5.91 Å². The molecule has 8 heteroatoms. The zero-order chi connectivity index (χ0) is 25.7. The van der Waals surface area contributed by atoms with Crippen LogP contribution in [0.15, 0.2) is 18.2 Å². The number of hydrogen-bond donors (Lipinski definition) is 3. The van der Waals surface area contributed by atoms with Crippen LogP contribution >= 0.6 is 0 Å². The van der Waals surface area contributed by atoms with E-state index in [1.807, 2.05) is 20.8 Å². The highest BCUT2D eigenvalue weighted by molar-refractivity contribution is 5.93. The van der Waals surface area contributed by atoms with Gasteiger partial charge in [0.1, 0.15) is 23.4 Å². The van der Waals surface area contributed by atoms with Crippen molar-refractivity contribution in [1.29, 1.82) is 0 Å². The maximum absolute atomic E-state index is 13.5. The van der Waals surface area contributed by atoms with Crippen molar-refractivity contribution < 1.29 is 24.2 Å². The van der Waals surface area contributed by atoms with E-state index in [-0.39, 0.29) is 11.7 Å². The average molecular weight is 460 g/mol. The van der Waals surface area contributed by atoms with E-state index in [1.54, 1.807) is 53.7 Å². The van der Waals surface area contributed by atoms with Gasteiger partial charge in [-0.15, -0.1) is 0 Å². The number of phenols is 1. The van der Waals surface area contributed by atoms with E-state index in [2.05, 4.69) is 16.7 Å². The monoisotopic (exact) mass is 459 g/mol. The Labute approximate surface area is 197 Å². The van der Waals surface area contributed by atoms with Crippen LogP contribution in [0.4, 0.5) is 4.79 Å². The first-order valence-corrected chi connectivity index (χ1v) is 10.9. The summed E-state index contributed by atoms with van der Waals surface area (Å²) in [6, 6.07) is 4.71. The number of benzene rings is 1. The fourth-order valence-corrected chi connectivity index (χ4v) is 3.07. The molecule has 33 heavy (non-hydrogen) atoms. The molecule has 0 spiro atoms. The lowest BCUT2D eigenvalue weighted by Gasteiger charge is -2.33. The van der Waals surface area contributed by atoms with Crippen LogP contribution in [0.5, 0.6) is 5.75 Å². The van der Waals surface area contributed by atoms with Gasteiger partial charge in [0, 0.05) is 11.6 Å². The number of carbonyl (C=O) groups excluding carboxylic acids is 3. The van der Waals surface area contributed by atoms with Gasteiger partial charge < -0.3 is 20.5 Å². The summed E-state index contributed by atoms with van der Waals surface area (Å²) in [7, 11) is 0. The molecular formula is C25H37N3O5. The van der Waals surface area contributed by atoms with Crippen molar-refractivity contribution in [2.45, 2.75) is 85.5 Å². The molecule has 0 aliphatic rings. The summed E-state index contributed by atoms with van der Waals surface area (Å²) < 4.78 is 5.29. The molecule has 2 unspecified atom stereocenters. The molecule has 0 aliphatic carbocycles. The standard InChI is InChI=1S/C25H37N3O5/c1-11-28(22(31)19(15(2)3)26-23(32)33-25(8,9)10)20(21(30)27-24(5,6)7)17-12-13-18(29)16(4)14-17/h1,12-15,19-20,29H,2-10H3,(H,26,32)(H,27,30). The van der Waals surface area contributed by atoms with E-state index in [0.717, 1.165) is 4.90 Å². The van der Waals surface area contributed by atoms with Crippen LogP contribution in [0, 0.1) is 25.3 Å². The second kappa shape index (κ2) is 10.6. The van der Waals surface area contributed by atoms with Gasteiger partial charge in [-0.05, 0) is 77.6 Å². The third-order valence-electron chi connectivity index (χ3n) is 4.52. The number of terminal acetylenes is 1. The lowest BCUT2D eigenvalue weighted by molar-refractivity contribution is -0.140. The number of aryl methyl sites for hydroxylation is 1. The summed E-state index contributed by atoms with van der Waals surface area (Å²) in [6.07, 6.45) is 4.97. The van der Waals surface area contributed by atoms with Crippen LogP contribution in [0.25, 0.3) is 0 Å². The van der Waals surface area contributed by atoms with E-state index in [9.17, 15) is 19.5 Å². The van der Waals surface area contributed by atoms with Crippen LogP contribution in [0.3, 0.4) is 0 Å². The summed E-state index contributed by atoms with van der Waals surface area (Å²) in [4.78, 5) is 40.2. The first-order valence-electron chi connectivity index (χ1n) is 10.9. The summed E-state index contributed by atoms with van der Waals surface area (Å²) in [5.74, 6) is -1.40. The second-order valence-electron chi connectivity index (χ2n) is 10.4. The molecule has 0 aliphatic heterocycles. The normalized spacial score (nSPS) is 13.5. The molecule has 1 aromatic rings. The van der Waals surface area contributed by atoms with Crippen molar-refractivity contribution in [1.82, 2.24) is 15.5 Å². The predicted octanol–water partition coefficient (Wildman–Crippen LogP) is 3.63. The highest BCUT2D eigenvalue weighted by Crippen LogP contribution is 2.28. The molecule has 1 rings (SSSR count). The number of rotatable bonds is 6. The summed E-state index contributed by atoms with van der Waals surface area (Å²) >= 11 is 0. The first-order chi connectivity index (χ1) is 15.0. The van der Waals surface area contributed by atoms with Crippen LogP contribution in [-0.2, 0) is 14.3 Å². The fourth-order valence-electron chi connectivity index (χ4n) is 3.07. The average Bonchev–Trinajstić information content (AvgIpc) is 2.62. The molecule has 0 radical (unpaired) electrons. The molecule has 0 bridgehead atoms. The molecule has 0 saturated heterocycles. The number of phenolic OH excluding ortho intramolecular Hbond substituents is 1. The Hall–Kier alpha value is -3.21. The molecule has 2 atom stereocenters. The molecule has 182 valence electrons. The van der Waals surface area contributed by atoms with Gasteiger partial charge in [0.05, 0.1) is 0 Å². The lowest BCUT2D eigenvalue weighted by Crippen LogP contribution is -2.54. The van der Waals surface area contributed by atoms with E-state index in [0.29, 0.717) is 11.1 Å². The topological polar surface area (TPSA) is 108 Å². The van der Waals surface area contributed by atoms with Crippen LogP contribution in [-0.4, -0.2) is 45.1 Å². The van der Waals surface area contributed by atoms with Gasteiger partial charge in [-0.3, -0.25) is 14.5 Å². The second-order valence-corrected chi connectivity index (χ2v) is 10.4. The number of carbonyl (C=O) groups is 3. The number of alkyl carbamates (subject to hydrolysis) is 1. The van der Waals surface area contributed by atoms with Gasteiger partial charge in [-0.25, -0.2) is 4.79 Å². The maximum atomic E-state index is 13.5. The van der Waals surface area contributed by atoms with Crippen molar-refractivity contribution in [2.75, 3.05) is 0 Å². The first kappa shape index (κ1) is 27.8. The number of hydrogen-bond acceptors (Lipinski definition) is 5. The Morgan fingerprint density at radius 2 is 1.70 bits per heavy atom. The van der Waals surface area contributed by atoms with Crippen molar-refractivity contribution in [2.24, 2.45) is 5.92 Å². The quantitative estimate of drug-likeness (QED) is 0.445. The number of nitrogens with one attached hydrogen (secondary N) is 2. The largest absolute Gasteiger partial charge is 0.508 e. The zero-order valence-corrected chi connectivity index (χ0v) is 21.1. The highest BCUT2D eigenvalue weighted by Gasteiger charge is 2.38. The SMILES string of the molecule is C#CN(C(=O)C(NC(=O)OC(C)(C)C)C(C)C)C(C(=O)NC(C)(C)C)c1ccc(O)c(C)c1. The lowest BCUT2D eigenvalue weighted by atomic mass is 9.97. The van der Waals surface area contributed by atoms with Gasteiger partial charge in [-0.1, -0.05) is 26.3 Å². The van der Waals surface area contributed by atoms with Crippen molar-refractivity contribution in [3.63, 3.8) is 0 Å². The fraction of sp³-hybridized carbons (Fsp3) is 0.560. The molecule has 0 heterocycles. The van der Waals surface area contributed by atoms with Crippen LogP contribution < -0.4 is 10.6 Å². The van der Waals surface area contributed by atoms with Gasteiger partial charge in [-0.2, -0.15) is 0 Å². The Balaban J connectivity index is 3.44. The van der Waals surface area contributed by atoms with Gasteiger partial charge in [0.2, 0.25) is 5.91 Å². The van der Waals surface area contributed by atoms with E-state index >= 15 is 0 Å². The molecule has 3 N–H and O–H groups in total. The number of amides is 3. The molecule has 3 amide bonds. The van der Waals surface area contributed by atoms with Crippen LogP contribution in [0.1, 0.15) is 72.6 Å². The van der Waals surface area contributed by atoms with Crippen molar-refractivity contribution in [3.05, 3.63) is 29.3 Å². The summed E-state index contributed by atoms with van der Waals surface area (Å²) in [6.45, 7) is 15.8. The maximum Gasteiger partial charge on any atom is 0.408 e. The van der Waals surface area contributed by atoms with E-state index < -0.39 is 41.1 Å². The molecule has 0 aromatic heterocycles. The molecular weight excluding hydrogens is 422 g/mol. The van der Waals surface area contributed by atoms with Crippen LogP contribution in [0.2, 0.25) is 0 Å². The third kappa shape index (κ3) is 8.33. The minimum atomic E-state index is -1.18. The van der Waals surface area contributed by atoms with E-state index in [4.69, 9.17) is 11.2 Å². The smallest absolute Gasteiger partial charge is 0.408 e. The highest BCUT2D eigenvalue weighted by atomic mass is 16.6. The minimum Gasteiger partial charge on any atom is -0.508 e. The molecule has 1 aromatic carbocycles. The Morgan fingerprint density at radius 3 is 2.12 bits per heavy atom. The third-order valence-corrected chi connectivity index (χ3v) is 4.52. The minimum absolute atomic E-state index is 0.0546.